The first-order chi connectivity index (χ1) is 5.41. The Bertz CT molecular complexity index is 246. The molecule has 2 saturated carbocycles. The molecule has 2 bridgehead atoms. The Morgan fingerprint density at radius 2 is 2.00 bits per heavy atom. The van der Waals surface area contributed by atoms with Crippen molar-refractivity contribution >= 4 is 5.78 Å². The number of carbonyl (C=O) groups excluding carboxylic acids is 1. The van der Waals surface area contributed by atoms with Gasteiger partial charge in [-0.05, 0) is 24.2 Å². The van der Waals surface area contributed by atoms with E-state index >= 15 is 0 Å². The number of hydrogen-bond donors (Lipinski definition) is 1. The van der Waals surface area contributed by atoms with Gasteiger partial charge in [-0.25, -0.2) is 0 Å². The van der Waals surface area contributed by atoms with Gasteiger partial charge in [-0.3, -0.25) is 4.79 Å². The number of carbonyl (C=O) groups is 1. The summed E-state index contributed by atoms with van der Waals surface area (Å²) < 4.78 is 0. The lowest BCUT2D eigenvalue weighted by Crippen LogP contribution is -2.39. The van der Waals surface area contributed by atoms with Crippen molar-refractivity contribution in [3.63, 3.8) is 0 Å². The highest BCUT2D eigenvalue weighted by atomic mass is 16.1. The fourth-order valence-corrected chi connectivity index (χ4v) is 3.16. The molecular weight excluding hydrogens is 150 g/mol. The Morgan fingerprint density at radius 3 is 2.25 bits per heavy atom. The smallest absolute Gasteiger partial charge is 0.156 e. The van der Waals surface area contributed by atoms with Crippen LogP contribution < -0.4 is 5.73 Å². The van der Waals surface area contributed by atoms with Crippen LogP contribution in [-0.4, -0.2) is 11.8 Å². The van der Waals surface area contributed by atoms with Crippen LogP contribution >= 0.6 is 0 Å². The lowest BCUT2D eigenvalue weighted by Gasteiger charge is -2.32. The van der Waals surface area contributed by atoms with Crippen molar-refractivity contribution in [2.45, 2.75) is 39.7 Å². The van der Waals surface area contributed by atoms with Crippen LogP contribution in [0.3, 0.4) is 0 Å². The lowest BCUT2D eigenvalue weighted by atomic mass is 9.70. The van der Waals surface area contributed by atoms with Crippen molar-refractivity contribution < 1.29 is 4.79 Å². The third-order valence-corrected chi connectivity index (χ3v) is 4.58. The molecule has 2 aliphatic carbocycles. The normalized spacial score (nSPS) is 50.2. The maximum Gasteiger partial charge on any atom is 0.156 e. The molecule has 2 heteroatoms. The van der Waals surface area contributed by atoms with E-state index in [0.29, 0.717) is 11.7 Å². The maximum absolute atomic E-state index is 11.8. The Labute approximate surface area is 73.5 Å². The number of hydrogen-bond acceptors (Lipinski definition) is 2. The Kier molecular flexibility index (Phi) is 1.32. The molecule has 0 heterocycles. The van der Waals surface area contributed by atoms with E-state index in [0.717, 1.165) is 12.8 Å². The predicted molar refractivity (Wildman–Crippen MR) is 47.6 cm³/mol. The van der Waals surface area contributed by atoms with Crippen LogP contribution in [0, 0.1) is 16.7 Å². The SMILES string of the molecule is CC1(C)[C@H]2CC[C@@]1(C)C(=O)[C@@H]2N. The molecule has 2 aliphatic rings. The molecule has 0 unspecified atom stereocenters. The Balaban J connectivity index is 2.50. The molecule has 2 rings (SSSR count). The zero-order chi connectivity index (χ0) is 9.15. The number of ketones is 1. The van der Waals surface area contributed by atoms with Gasteiger partial charge in [-0.15, -0.1) is 0 Å². The van der Waals surface area contributed by atoms with E-state index in [1.807, 2.05) is 0 Å². The van der Waals surface area contributed by atoms with E-state index in [1.165, 1.54) is 0 Å². The minimum atomic E-state index is -0.182. The highest BCUT2D eigenvalue weighted by Crippen LogP contribution is 2.62. The largest absolute Gasteiger partial charge is 0.321 e. The first-order valence-electron chi connectivity index (χ1n) is 4.71. The third kappa shape index (κ3) is 0.598. The van der Waals surface area contributed by atoms with Crippen molar-refractivity contribution in [3.8, 4) is 0 Å². The molecule has 68 valence electrons. The van der Waals surface area contributed by atoms with Crippen LogP contribution in [0.25, 0.3) is 0 Å². The van der Waals surface area contributed by atoms with Gasteiger partial charge in [-0.1, -0.05) is 20.8 Å². The average Bonchev–Trinajstić information content (AvgIpc) is 2.26. The fourth-order valence-electron chi connectivity index (χ4n) is 3.16. The zero-order valence-corrected chi connectivity index (χ0v) is 8.05. The minimum absolute atomic E-state index is 0.128. The predicted octanol–water partition coefficient (Wildman–Crippen LogP) is 1.34. The van der Waals surface area contributed by atoms with Crippen molar-refractivity contribution in [1.82, 2.24) is 0 Å². The van der Waals surface area contributed by atoms with E-state index in [1.54, 1.807) is 0 Å². The zero-order valence-electron chi connectivity index (χ0n) is 8.05. The third-order valence-electron chi connectivity index (χ3n) is 4.58. The van der Waals surface area contributed by atoms with Crippen molar-refractivity contribution in [2.75, 3.05) is 0 Å². The van der Waals surface area contributed by atoms with Gasteiger partial charge >= 0.3 is 0 Å². The molecule has 0 radical (unpaired) electrons. The summed E-state index contributed by atoms with van der Waals surface area (Å²) in [5, 5.41) is 0. The molecule has 2 fully saturated rings. The topological polar surface area (TPSA) is 43.1 Å². The van der Waals surface area contributed by atoms with Gasteiger partial charge < -0.3 is 5.73 Å². The number of fused-ring (bicyclic) bond motifs is 2. The molecule has 0 aliphatic heterocycles. The van der Waals surface area contributed by atoms with Crippen LogP contribution in [0.1, 0.15) is 33.6 Å². The second-order valence-corrected chi connectivity index (χ2v) is 5.09. The molecule has 3 atom stereocenters. The molecule has 2 N–H and O–H groups in total. The summed E-state index contributed by atoms with van der Waals surface area (Å²) in [5.41, 5.74) is 5.88. The molecule has 2 nitrogen and oxygen atoms in total. The van der Waals surface area contributed by atoms with Crippen molar-refractivity contribution in [2.24, 2.45) is 22.5 Å². The maximum atomic E-state index is 11.8. The number of Topliss-reactive ketones (excluding diaryl/α,β-unsaturated/α-hetero) is 1. The highest BCUT2D eigenvalue weighted by molar-refractivity contribution is 5.94. The molecule has 0 aromatic carbocycles. The van der Waals surface area contributed by atoms with Gasteiger partial charge in [0.05, 0.1) is 6.04 Å². The molecule has 0 saturated heterocycles. The summed E-state index contributed by atoms with van der Waals surface area (Å²) in [6.07, 6.45) is 2.17. The summed E-state index contributed by atoms with van der Waals surface area (Å²) in [5.74, 6) is 0.721. The first-order valence-corrected chi connectivity index (χ1v) is 4.71. The number of nitrogens with two attached hydrogens (primary N) is 1. The summed E-state index contributed by atoms with van der Waals surface area (Å²) in [6, 6.07) is -0.182. The van der Waals surface area contributed by atoms with Gasteiger partial charge in [0, 0.05) is 5.41 Å². The quantitative estimate of drug-likeness (QED) is 0.591. The van der Waals surface area contributed by atoms with Gasteiger partial charge in [0.25, 0.3) is 0 Å². The lowest BCUT2D eigenvalue weighted by molar-refractivity contribution is -0.129. The molecule has 12 heavy (non-hydrogen) atoms. The molecule has 0 aromatic rings. The van der Waals surface area contributed by atoms with E-state index in [-0.39, 0.29) is 16.9 Å². The second-order valence-electron chi connectivity index (χ2n) is 5.09. The summed E-state index contributed by atoms with van der Waals surface area (Å²) in [6.45, 7) is 6.47. The summed E-state index contributed by atoms with van der Waals surface area (Å²) >= 11 is 0. The van der Waals surface area contributed by atoms with Crippen molar-refractivity contribution in [3.05, 3.63) is 0 Å². The number of rotatable bonds is 0. The van der Waals surface area contributed by atoms with Crippen LogP contribution in [-0.2, 0) is 4.79 Å². The van der Waals surface area contributed by atoms with Crippen LogP contribution in [0.5, 0.6) is 0 Å². The van der Waals surface area contributed by atoms with E-state index < -0.39 is 0 Å². The molecule has 0 spiro atoms. The van der Waals surface area contributed by atoms with E-state index in [2.05, 4.69) is 20.8 Å². The molecule has 0 amide bonds. The minimum Gasteiger partial charge on any atom is -0.321 e. The molecule has 0 aromatic heterocycles. The Morgan fingerprint density at radius 1 is 1.42 bits per heavy atom. The van der Waals surface area contributed by atoms with E-state index in [4.69, 9.17) is 5.73 Å². The van der Waals surface area contributed by atoms with Gasteiger partial charge in [0.15, 0.2) is 5.78 Å². The summed E-state index contributed by atoms with van der Waals surface area (Å²) in [7, 11) is 0. The average molecular weight is 167 g/mol. The fraction of sp³-hybridized carbons (Fsp3) is 0.900. The monoisotopic (exact) mass is 167 g/mol. The van der Waals surface area contributed by atoms with Crippen LogP contribution in [0.2, 0.25) is 0 Å². The van der Waals surface area contributed by atoms with Crippen molar-refractivity contribution in [1.29, 1.82) is 0 Å². The second kappa shape index (κ2) is 1.92. The Hall–Kier alpha value is -0.370. The molecular formula is C10H17NO. The van der Waals surface area contributed by atoms with Crippen LogP contribution in [0.4, 0.5) is 0 Å². The summed E-state index contributed by atoms with van der Waals surface area (Å²) in [4.78, 5) is 11.8. The highest BCUT2D eigenvalue weighted by Gasteiger charge is 2.65. The standard InChI is InChI=1S/C10H17NO/c1-9(2)6-4-5-10(9,3)8(12)7(6)11/h6-7H,4-5,11H2,1-3H3/t6-,7+,10-/m0/s1. The van der Waals surface area contributed by atoms with Gasteiger partial charge in [-0.2, -0.15) is 0 Å². The van der Waals surface area contributed by atoms with Gasteiger partial charge in [0.2, 0.25) is 0 Å². The van der Waals surface area contributed by atoms with E-state index in [9.17, 15) is 4.79 Å². The van der Waals surface area contributed by atoms with Gasteiger partial charge in [0.1, 0.15) is 0 Å². The first kappa shape index (κ1) is 8.24. The van der Waals surface area contributed by atoms with Crippen LogP contribution in [0.15, 0.2) is 0 Å².